The molecule has 4 N–H and O–H groups in total. The van der Waals surface area contributed by atoms with Gasteiger partial charge in [0.15, 0.2) is 11.6 Å². The van der Waals surface area contributed by atoms with Gasteiger partial charge in [-0.15, -0.1) is 0 Å². The molecule has 0 aromatic carbocycles. The van der Waals surface area contributed by atoms with Crippen LogP contribution in [0.4, 0.5) is 0 Å². The van der Waals surface area contributed by atoms with Crippen molar-refractivity contribution < 1.29 is 9.73 Å². The van der Waals surface area contributed by atoms with Gasteiger partial charge < -0.3 is 20.8 Å². The van der Waals surface area contributed by atoms with Crippen molar-refractivity contribution in [3.8, 4) is 0 Å². The van der Waals surface area contributed by atoms with Crippen LogP contribution >= 0.6 is 0 Å². The number of nitrogens with zero attached hydrogens (tertiary/aromatic N) is 3. The molecule has 7 heteroatoms. The lowest BCUT2D eigenvalue weighted by Crippen LogP contribution is -2.17. The number of hydrogen-bond acceptors (Lipinski definition) is 6. The number of oxime groups is 1. The molecule has 0 unspecified atom stereocenters. The van der Waals surface area contributed by atoms with Crippen LogP contribution in [0, 0.1) is 6.92 Å². The molecule has 0 fully saturated rings. The Morgan fingerprint density at radius 2 is 2.32 bits per heavy atom. The predicted octanol–water partition coefficient (Wildman–Crippen LogP) is 0.762. The van der Waals surface area contributed by atoms with E-state index in [-0.39, 0.29) is 5.84 Å². The molecule has 19 heavy (non-hydrogen) atoms. The Morgan fingerprint density at radius 3 is 3.00 bits per heavy atom. The molecule has 0 saturated heterocycles. The lowest BCUT2D eigenvalue weighted by Gasteiger charge is -2.04. The third-order valence-corrected chi connectivity index (χ3v) is 2.50. The monoisotopic (exact) mass is 261 g/mol. The Kier molecular flexibility index (Phi) is 4.09. The van der Waals surface area contributed by atoms with Crippen LogP contribution in [0.2, 0.25) is 0 Å². The summed E-state index contributed by atoms with van der Waals surface area (Å²) in [6, 6.07) is 5.49. The van der Waals surface area contributed by atoms with Crippen LogP contribution in [-0.4, -0.2) is 21.2 Å². The molecule has 0 saturated carbocycles. The van der Waals surface area contributed by atoms with Gasteiger partial charge in [0.2, 0.25) is 0 Å². The maximum Gasteiger partial charge on any atom is 0.188 e. The van der Waals surface area contributed by atoms with Gasteiger partial charge in [0, 0.05) is 18.8 Å². The number of hydrogen-bond donors (Lipinski definition) is 3. The lowest BCUT2D eigenvalue weighted by molar-refractivity contribution is 0.318. The number of amidine groups is 1. The largest absolute Gasteiger partial charge is 0.409 e. The van der Waals surface area contributed by atoms with E-state index in [4.69, 9.17) is 15.5 Å². The molecule has 0 aliphatic carbocycles. The van der Waals surface area contributed by atoms with Crippen LogP contribution in [0.5, 0.6) is 0 Å². The standard InChI is InChI=1S/C12H15N5O2/c1-8-4-10(19-17-8)7-14-6-9-2-3-15-11(5-9)12(13)16-18/h2-5,14,18H,6-7H2,1H3,(H2,13,16). The molecule has 2 heterocycles. The summed E-state index contributed by atoms with van der Waals surface area (Å²) < 4.78 is 5.08. The van der Waals surface area contributed by atoms with Crippen molar-refractivity contribution in [2.24, 2.45) is 10.9 Å². The van der Waals surface area contributed by atoms with E-state index in [0.29, 0.717) is 18.8 Å². The number of aromatic nitrogens is 2. The fraction of sp³-hybridized carbons (Fsp3) is 0.250. The van der Waals surface area contributed by atoms with Gasteiger partial charge in [0.05, 0.1) is 12.2 Å². The maximum absolute atomic E-state index is 8.59. The summed E-state index contributed by atoms with van der Waals surface area (Å²) in [6.45, 7) is 3.08. The maximum atomic E-state index is 8.59. The van der Waals surface area contributed by atoms with Crippen LogP contribution < -0.4 is 11.1 Å². The first-order valence-corrected chi connectivity index (χ1v) is 5.75. The summed E-state index contributed by atoms with van der Waals surface area (Å²) in [5.41, 5.74) is 7.76. The predicted molar refractivity (Wildman–Crippen MR) is 68.5 cm³/mol. The highest BCUT2D eigenvalue weighted by Crippen LogP contribution is 2.04. The highest BCUT2D eigenvalue weighted by atomic mass is 16.5. The van der Waals surface area contributed by atoms with Crippen LogP contribution in [0.15, 0.2) is 34.1 Å². The van der Waals surface area contributed by atoms with Gasteiger partial charge in [-0.25, -0.2) is 0 Å². The topological polar surface area (TPSA) is 110 Å². The molecular weight excluding hydrogens is 246 g/mol. The summed E-state index contributed by atoms with van der Waals surface area (Å²) >= 11 is 0. The van der Waals surface area contributed by atoms with Crippen molar-refractivity contribution >= 4 is 5.84 Å². The second-order valence-corrected chi connectivity index (χ2v) is 4.07. The molecule has 2 rings (SSSR count). The van der Waals surface area contributed by atoms with Gasteiger partial charge in [-0.1, -0.05) is 10.3 Å². The smallest absolute Gasteiger partial charge is 0.188 e. The van der Waals surface area contributed by atoms with Crippen LogP contribution in [-0.2, 0) is 13.1 Å². The van der Waals surface area contributed by atoms with E-state index < -0.39 is 0 Å². The minimum atomic E-state index is -0.00675. The molecule has 100 valence electrons. The molecule has 0 aliphatic heterocycles. The van der Waals surface area contributed by atoms with Crippen molar-refractivity contribution in [2.75, 3.05) is 0 Å². The summed E-state index contributed by atoms with van der Waals surface area (Å²) in [4.78, 5) is 4.01. The van der Waals surface area contributed by atoms with E-state index >= 15 is 0 Å². The van der Waals surface area contributed by atoms with E-state index in [1.54, 1.807) is 12.3 Å². The fourth-order valence-electron chi connectivity index (χ4n) is 1.61. The van der Waals surface area contributed by atoms with Gasteiger partial charge in [-0.2, -0.15) is 0 Å². The first-order valence-electron chi connectivity index (χ1n) is 5.75. The Balaban J connectivity index is 1.92. The van der Waals surface area contributed by atoms with Crippen molar-refractivity contribution in [1.82, 2.24) is 15.5 Å². The molecule has 0 atom stereocenters. The van der Waals surface area contributed by atoms with Crippen molar-refractivity contribution in [2.45, 2.75) is 20.0 Å². The highest BCUT2D eigenvalue weighted by Gasteiger charge is 2.03. The van der Waals surface area contributed by atoms with Gasteiger partial charge in [0.25, 0.3) is 0 Å². The molecule has 0 spiro atoms. The molecular formula is C12H15N5O2. The molecule has 7 nitrogen and oxygen atoms in total. The lowest BCUT2D eigenvalue weighted by atomic mass is 10.2. The van der Waals surface area contributed by atoms with Crippen molar-refractivity contribution in [3.63, 3.8) is 0 Å². The second-order valence-electron chi connectivity index (χ2n) is 4.07. The third-order valence-electron chi connectivity index (χ3n) is 2.50. The average molecular weight is 261 g/mol. The Bertz CT molecular complexity index is 579. The molecule has 0 radical (unpaired) electrons. The molecule has 0 amide bonds. The first-order chi connectivity index (χ1) is 9.19. The molecule has 2 aromatic heterocycles. The highest BCUT2D eigenvalue weighted by molar-refractivity contribution is 5.95. The quantitative estimate of drug-likeness (QED) is 0.317. The van der Waals surface area contributed by atoms with Gasteiger partial charge in [-0.05, 0) is 24.6 Å². The first kappa shape index (κ1) is 13.0. The Hall–Kier alpha value is -2.41. The summed E-state index contributed by atoms with van der Waals surface area (Å²) in [7, 11) is 0. The zero-order valence-corrected chi connectivity index (χ0v) is 10.5. The van der Waals surface area contributed by atoms with Gasteiger partial charge >= 0.3 is 0 Å². The van der Waals surface area contributed by atoms with E-state index in [1.165, 1.54) is 0 Å². The Morgan fingerprint density at radius 1 is 1.47 bits per heavy atom. The summed E-state index contributed by atoms with van der Waals surface area (Å²) in [6.07, 6.45) is 1.61. The van der Waals surface area contributed by atoms with Crippen molar-refractivity contribution in [1.29, 1.82) is 0 Å². The number of nitrogens with one attached hydrogen (secondary N) is 1. The fourth-order valence-corrected chi connectivity index (χ4v) is 1.61. The van der Waals surface area contributed by atoms with E-state index in [0.717, 1.165) is 17.0 Å². The van der Waals surface area contributed by atoms with E-state index in [2.05, 4.69) is 20.6 Å². The molecule has 2 aromatic rings. The zero-order valence-electron chi connectivity index (χ0n) is 10.5. The van der Waals surface area contributed by atoms with Crippen LogP contribution in [0.1, 0.15) is 22.7 Å². The number of nitrogens with two attached hydrogens (primary N) is 1. The number of pyridine rings is 1. The number of aryl methyl sites for hydroxylation is 1. The minimum absolute atomic E-state index is 0.00675. The van der Waals surface area contributed by atoms with E-state index in [1.807, 2.05) is 19.1 Å². The van der Waals surface area contributed by atoms with Gasteiger partial charge in [0.1, 0.15) is 5.69 Å². The summed E-state index contributed by atoms with van der Waals surface area (Å²) in [5.74, 6) is 0.774. The Labute approximate surface area is 110 Å². The number of rotatable bonds is 5. The van der Waals surface area contributed by atoms with Gasteiger partial charge in [-0.3, -0.25) is 4.98 Å². The molecule has 0 aliphatic rings. The summed E-state index contributed by atoms with van der Waals surface area (Å²) in [5, 5.41) is 18.5. The minimum Gasteiger partial charge on any atom is -0.409 e. The SMILES string of the molecule is Cc1cc(CNCc2ccnc(C(N)=NO)c2)on1. The second kappa shape index (κ2) is 5.96. The van der Waals surface area contributed by atoms with Crippen LogP contribution in [0.25, 0.3) is 0 Å². The average Bonchev–Trinajstić information content (AvgIpc) is 2.84. The van der Waals surface area contributed by atoms with E-state index in [9.17, 15) is 0 Å². The zero-order chi connectivity index (χ0) is 13.7. The van der Waals surface area contributed by atoms with Crippen molar-refractivity contribution in [3.05, 3.63) is 47.1 Å². The normalized spacial score (nSPS) is 11.7. The molecule has 0 bridgehead atoms. The van der Waals surface area contributed by atoms with Crippen LogP contribution in [0.3, 0.4) is 0 Å². The third kappa shape index (κ3) is 3.52.